The summed E-state index contributed by atoms with van der Waals surface area (Å²) in [6.07, 6.45) is 0.495. The minimum atomic E-state index is -0.125. The van der Waals surface area contributed by atoms with E-state index in [0.29, 0.717) is 6.42 Å². The first kappa shape index (κ1) is 10.5. The molecule has 2 unspecified atom stereocenters. The Kier molecular flexibility index (Phi) is 2.66. The first-order chi connectivity index (χ1) is 5.88. The highest BCUT2D eigenvalue weighted by Crippen LogP contribution is 2.31. The van der Waals surface area contributed by atoms with Crippen LogP contribution in [0.5, 0.6) is 0 Å². The number of rotatable bonds is 1. The second-order valence-electron chi connectivity index (χ2n) is 4.82. The van der Waals surface area contributed by atoms with Gasteiger partial charge in [0, 0.05) is 30.5 Å². The van der Waals surface area contributed by atoms with E-state index < -0.39 is 0 Å². The molecule has 0 bridgehead atoms. The van der Waals surface area contributed by atoms with Gasteiger partial charge >= 0.3 is 0 Å². The molecule has 1 amide bonds. The van der Waals surface area contributed by atoms with E-state index in [9.17, 15) is 4.79 Å². The van der Waals surface area contributed by atoms with Gasteiger partial charge in [-0.2, -0.15) is 0 Å². The van der Waals surface area contributed by atoms with E-state index in [1.807, 2.05) is 32.6 Å². The molecular weight excluding hydrogens is 166 g/mol. The van der Waals surface area contributed by atoms with Crippen LogP contribution in [0.25, 0.3) is 0 Å². The fourth-order valence-electron chi connectivity index (χ4n) is 2.13. The molecule has 0 aromatic carbocycles. The first-order valence-corrected chi connectivity index (χ1v) is 4.81. The lowest BCUT2D eigenvalue weighted by molar-refractivity contribution is -0.133. The maximum atomic E-state index is 11.6. The van der Waals surface area contributed by atoms with E-state index in [2.05, 4.69) is 0 Å². The minimum Gasteiger partial charge on any atom is -0.396 e. The van der Waals surface area contributed by atoms with Crippen molar-refractivity contribution in [3.63, 3.8) is 0 Å². The Morgan fingerprint density at radius 1 is 1.54 bits per heavy atom. The minimum absolute atomic E-state index is 0.111. The van der Waals surface area contributed by atoms with Gasteiger partial charge in [0.25, 0.3) is 0 Å². The van der Waals surface area contributed by atoms with Gasteiger partial charge in [0.15, 0.2) is 0 Å². The number of nitrogens with zero attached hydrogens (tertiary/aromatic N) is 1. The molecule has 3 heteroatoms. The van der Waals surface area contributed by atoms with Crippen molar-refractivity contribution < 1.29 is 9.90 Å². The molecule has 13 heavy (non-hydrogen) atoms. The molecule has 76 valence electrons. The Balaban J connectivity index is 2.82. The molecule has 0 spiro atoms. The Morgan fingerprint density at radius 3 is 2.31 bits per heavy atom. The van der Waals surface area contributed by atoms with Gasteiger partial charge in [-0.1, -0.05) is 0 Å². The molecule has 1 saturated heterocycles. The predicted molar refractivity (Wildman–Crippen MR) is 51.3 cm³/mol. The lowest BCUT2D eigenvalue weighted by atomic mass is 10.0. The summed E-state index contributed by atoms with van der Waals surface area (Å²) >= 11 is 0. The normalized spacial score (nSPS) is 29.9. The average Bonchev–Trinajstić information content (AvgIpc) is 2.24. The van der Waals surface area contributed by atoms with Crippen molar-refractivity contribution in [2.75, 3.05) is 6.61 Å². The fourth-order valence-corrected chi connectivity index (χ4v) is 2.13. The van der Waals surface area contributed by atoms with Crippen LogP contribution in [0.3, 0.4) is 0 Å². The SMILES string of the molecule is CC1C(CO)CC(=O)N1C(C)(C)C. The van der Waals surface area contributed by atoms with Crippen LogP contribution >= 0.6 is 0 Å². The summed E-state index contributed by atoms with van der Waals surface area (Å²) in [4.78, 5) is 13.5. The number of hydrogen-bond donors (Lipinski definition) is 1. The highest BCUT2D eigenvalue weighted by molar-refractivity contribution is 5.80. The third kappa shape index (κ3) is 1.85. The van der Waals surface area contributed by atoms with Crippen LogP contribution in [0, 0.1) is 5.92 Å². The quantitative estimate of drug-likeness (QED) is 0.662. The van der Waals surface area contributed by atoms with E-state index in [0.717, 1.165) is 0 Å². The molecule has 0 saturated carbocycles. The number of carbonyl (C=O) groups is 1. The topological polar surface area (TPSA) is 40.5 Å². The number of carbonyl (C=O) groups excluding carboxylic acids is 1. The molecular formula is C10H19NO2. The van der Waals surface area contributed by atoms with Crippen molar-refractivity contribution in [1.82, 2.24) is 4.90 Å². The van der Waals surface area contributed by atoms with E-state index in [1.165, 1.54) is 0 Å². The van der Waals surface area contributed by atoms with Gasteiger partial charge < -0.3 is 10.0 Å². The maximum Gasteiger partial charge on any atom is 0.223 e. The van der Waals surface area contributed by atoms with Crippen LogP contribution in [0.4, 0.5) is 0 Å². The van der Waals surface area contributed by atoms with Gasteiger partial charge in [-0.25, -0.2) is 0 Å². The number of aliphatic hydroxyl groups is 1. The third-order valence-electron chi connectivity index (χ3n) is 2.75. The lowest BCUT2D eigenvalue weighted by Crippen LogP contribution is -2.47. The molecule has 0 aliphatic carbocycles. The van der Waals surface area contributed by atoms with E-state index in [1.54, 1.807) is 0 Å². The van der Waals surface area contributed by atoms with Gasteiger partial charge in [-0.15, -0.1) is 0 Å². The van der Waals surface area contributed by atoms with Crippen molar-refractivity contribution in [1.29, 1.82) is 0 Å². The Morgan fingerprint density at radius 2 is 2.08 bits per heavy atom. The summed E-state index contributed by atoms with van der Waals surface area (Å²) < 4.78 is 0. The Hall–Kier alpha value is -0.570. The van der Waals surface area contributed by atoms with Crippen molar-refractivity contribution in [3.05, 3.63) is 0 Å². The zero-order valence-corrected chi connectivity index (χ0v) is 8.87. The summed E-state index contributed by atoms with van der Waals surface area (Å²) in [7, 11) is 0. The van der Waals surface area contributed by atoms with E-state index in [-0.39, 0.29) is 30.0 Å². The molecule has 1 aliphatic rings. The molecule has 1 heterocycles. The summed E-state index contributed by atoms with van der Waals surface area (Å²) in [5.74, 6) is 0.283. The summed E-state index contributed by atoms with van der Waals surface area (Å²) in [5, 5.41) is 9.06. The monoisotopic (exact) mass is 185 g/mol. The Bertz CT molecular complexity index is 207. The van der Waals surface area contributed by atoms with Crippen molar-refractivity contribution >= 4 is 5.91 Å². The third-order valence-corrected chi connectivity index (χ3v) is 2.75. The van der Waals surface area contributed by atoms with Gasteiger partial charge in [0.1, 0.15) is 0 Å². The van der Waals surface area contributed by atoms with Crippen LogP contribution in [0.15, 0.2) is 0 Å². The highest BCUT2D eigenvalue weighted by atomic mass is 16.3. The van der Waals surface area contributed by atoms with Crippen LogP contribution in [0.2, 0.25) is 0 Å². The van der Waals surface area contributed by atoms with Crippen LogP contribution in [-0.2, 0) is 4.79 Å². The number of likely N-dealkylation sites (tertiary alicyclic amines) is 1. The zero-order chi connectivity index (χ0) is 10.2. The smallest absolute Gasteiger partial charge is 0.223 e. The van der Waals surface area contributed by atoms with Crippen LogP contribution < -0.4 is 0 Å². The molecule has 1 aliphatic heterocycles. The van der Waals surface area contributed by atoms with Crippen LogP contribution in [0.1, 0.15) is 34.1 Å². The summed E-state index contributed by atoms with van der Waals surface area (Å²) in [6, 6.07) is 0.164. The molecule has 1 rings (SSSR count). The molecule has 0 aromatic heterocycles. The molecule has 1 N–H and O–H groups in total. The number of amides is 1. The molecule has 2 atom stereocenters. The van der Waals surface area contributed by atoms with E-state index in [4.69, 9.17) is 5.11 Å². The van der Waals surface area contributed by atoms with Crippen molar-refractivity contribution in [2.45, 2.75) is 45.7 Å². The standard InChI is InChI=1S/C10H19NO2/c1-7-8(6-12)5-9(13)11(7)10(2,3)4/h7-8,12H,5-6H2,1-4H3. The molecule has 1 fully saturated rings. The second-order valence-corrected chi connectivity index (χ2v) is 4.82. The van der Waals surface area contributed by atoms with Gasteiger partial charge in [0.05, 0.1) is 0 Å². The number of hydrogen-bond acceptors (Lipinski definition) is 2. The van der Waals surface area contributed by atoms with Crippen molar-refractivity contribution in [3.8, 4) is 0 Å². The molecule has 0 radical (unpaired) electrons. The predicted octanol–water partition coefficient (Wildman–Crippen LogP) is 1.01. The highest BCUT2D eigenvalue weighted by Gasteiger charge is 2.41. The molecule has 3 nitrogen and oxygen atoms in total. The second kappa shape index (κ2) is 3.29. The van der Waals surface area contributed by atoms with Crippen LogP contribution in [-0.4, -0.2) is 34.1 Å². The van der Waals surface area contributed by atoms with Gasteiger partial charge in [-0.3, -0.25) is 4.79 Å². The average molecular weight is 185 g/mol. The zero-order valence-electron chi connectivity index (χ0n) is 8.87. The molecule has 0 aromatic rings. The van der Waals surface area contributed by atoms with E-state index >= 15 is 0 Å². The maximum absolute atomic E-state index is 11.6. The lowest BCUT2D eigenvalue weighted by Gasteiger charge is -2.36. The van der Waals surface area contributed by atoms with Gasteiger partial charge in [0.2, 0.25) is 5.91 Å². The van der Waals surface area contributed by atoms with Crippen molar-refractivity contribution in [2.24, 2.45) is 5.92 Å². The first-order valence-electron chi connectivity index (χ1n) is 4.81. The number of aliphatic hydroxyl groups excluding tert-OH is 1. The van der Waals surface area contributed by atoms with Gasteiger partial charge in [-0.05, 0) is 27.7 Å². The largest absolute Gasteiger partial charge is 0.396 e. The summed E-state index contributed by atoms with van der Waals surface area (Å²) in [6.45, 7) is 8.21. The Labute approximate surface area is 79.7 Å². The summed E-state index contributed by atoms with van der Waals surface area (Å²) in [5.41, 5.74) is -0.125. The fraction of sp³-hybridized carbons (Fsp3) is 0.900.